The van der Waals surface area contributed by atoms with E-state index in [0.717, 1.165) is 58.8 Å². The van der Waals surface area contributed by atoms with E-state index in [0.29, 0.717) is 92.0 Å². The number of thiazole rings is 1. The Morgan fingerprint density at radius 3 is 2.20 bits per heavy atom. The van der Waals surface area contributed by atoms with Crippen LogP contribution < -0.4 is 35.2 Å². The number of hydrogen-bond acceptors (Lipinski definition) is 17. The van der Waals surface area contributed by atoms with Crippen molar-refractivity contribution in [2.24, 2.45) is 5.92 Å². The van der Waals surface area contributed by atoms with E-state index in [-0.39, 0.29) is 82.5 Å². The van der Waals surface area contributed by atoms with E-state index in [1.807, 2.05) is 25.9 Å². The number of ether oxygens (including phenoxy) is 1. The van der Waals surface area contributed by atoms with Crippen LogP contribution in [0.2, 0.25) is 0 Å². The van der Waals surface area contributed by atoms with Gasteiger partial charge in [-0.05, 0) is 139 Å². The molecule has 0 radical (unpaired) electrons. The molecule has 8 aromatic rings. The summed E-state index contributed by atoms with van der Waals surface area (Å²) in [5.74, 6) is -1.68. The lowest BCUT2D eigenvalue weighted by Gasteiger charge is -2.31. The molecule has 0 aliphatic carbocycles. The molecular weight excluding hydrogens is 1200 g/mol. The standard InChI is InChI=1S/C59H69FN10O11S5/c1-5-81-43-20-24-44(25-21-43)84(75,76)66-50-38-48-54(58(73)65-74)39(2)70(56(48)47-15-11-10-14-46(47)50)85(77,78)45-22-18-41(19-23-45)61-28-12-8-6-7-9-16-52(71)62-29-32-68-30-26-40(27-31-68)57(72)64-59-63-55-49(60)36-42(37-51(55)83-59)69(34-33-67(3)4)86(79,80)53-17-13-35-82-53/h10-11,13-15,17-25,35-38,40,61,66,74H,5-9,12,16,26-34H2,1-4H3,(H,62,71)(H,65,73)(H,63,64,72). The van der Waals surface area contributed by atoms with Crippen LogP contribution in [0.3, 0.4) is 0 Å². The predicted octanol–water partition coefficient (Wildman–Crippen LogP) is 9.45. The number of halogens is 1. The van der Waals surface area contributed by atoms with Crippen LogP contribution >= 0.6 is 22.7 Å². The van der Waals surface area contributed by atoms with Crippen LogP contribution in [0.1, 0.15) is 74.3 Å². The first-order valence-electron chi connectivity index (χ1n) is 28.2. The summed E-state index contributed by atoms with van der Waals surface area (Å²) in [5, 5.41) is 21.7. The minimum absolute atomic E-state index is 0.00354. The molecule has 0 bridgehead atoms. The van der Waals surface area contributed by atoms with Crippen LogP contribution in [0.4, 0.5) is 26.6 Å². The summed E-state index contributed by atoms with van der Waals surface area (Å²) in [7, 11) is -8.87. The quantitative estimate of drug-likeness (QED) is 0.0151. The number of fused-ring (bicyclic) bond motifs is 4. The summed E-state index contributed by atoms with van der Waals surface area (Å²) in [5.41, 5.74) is 2.58. The molecule has 21 nitrogen and oxygen atoms in total. The van der Waals surface area contributed by atoms with E-state index in [9.17, 15) is 44.8 Å². The van der Waals surface area contributed by atoms with Crippen molar-refractivity contribution in [1.82, 2.24) is 29.6 Å². The minimum Gasteiger partial charge on any atom is -0.494 e. The number of likely N-dealkylation sites (N-methyl/N-ethyl adjacent to an activating group) is 1. The maximum Gasteiger partial charge on any atom is 0.277 e. The Morgan fingerprint density at radius 2 is 1.51 bits per heavy atom. The number of benzene rings is 5. The van der Waals surface area contributed by atoms with Crippen molar-refractivity contribution in [3.05, 3.63) is 126 Å². The number of aromatic nitrogens is 2. The Balaban J connectivity index is 0.694. The fourth-order valence-electron chi connectivity index (χ4n) is 10.5. The van der Waals surface area contributed by atoms with Crippen LogP contribution in [0.15, 0.2) is 123 Å². The fraction of sp³-hybridized carbons (Fsp3) is 0.356. The van der Waals surface area contributed by atoms with Crippen molar-refractivity contribution in [2.75, 3.05) is 86.2 Å². The summed E-state index contributed by atoms with van der Waals surface area (Å²) in [6, 6.07) is 26.1. The Bertz CT molecular complexity index is 4080. The van der Waals surface area contributed by atoms with Gasteiger partial charge in [0.15, 0.2) is 10.9 Å². The van der Waals surface area contributed by atoms with E-state index in [1.165, 1.54) is 65.8 Å². The number of hydroxylamine groups is 1. The summed E-state index contributed by atoms with van der Waals surface area (Å²) in [4.78, 5) is 47.6. The molecule has 0 spiro atoms. The molecular formula is C59H69FN10O11S5. The highest BCUT2D eigenvalue weighted by atomic mass is 32.2. The smallest absolute Gasteiger partial charge is 0.277 e. The summed E-state index contributed by atoms with van der Waals surface area (Å²) in [6.45, 7) is 7.27. The van der Waals surface area contributed by atoms with E-state index >= 15 is 4.39 Å². The highest BCUT2D eigenvalue weighted by Gasteiger charge is 2.32. The molecule has 6 N–H and O–H groups in total. The number of anilines is 4. The van der Waals surface area contributed by atoms with Crippen LogP contribution in [0, 0.1) is 18.7 Å². The molecule has 0 atom stereocenters. The number of nitrogens with one attached hydrogen (secondary N) is 5. The molecule has 1 fully saturated rings. The van der Waals surface area contributed by atoms with Gasteiger partial charge in [0.1, 0.15) is 15.5 Å². The third-order valence-corrected chi connectivity index (χ3v) is 22.2. The van der Waals surface area contributed by atoms with Crippen molar-refractivity contribution in [2.45, 2.75) is 79.2 Å². The molecule has 1 saturated heterocycles. The second kappa shape index (κ2) is 27.6. The Kier molecular flexibility index (Phi) is 20.3. The Morgan fingerprint density at radius 1 is 0.814 bits per heavy atom. The molecule has 3 aromatic heterocycles. The average molecular weight is 1270 g/mol. The van der Waals surface area contributed by atoms with Crippen LogP contribution in [0.5, 0.6) is 5.75 Å². The first kappa shape index (κ1) is 63.3. The number of sulfonamides is 2. The van der Waals surface area contributed by atoms with E-state index in [2.05, 4.69) is 30.6 Å². The van der Waals surface area contributed by atoms with Gasteiger partial charge in [-0.25, -0.2) is 44.1 Å². The van der Waals surface area contributed by atoms with Crippen molar-refractivity contribution in [3.63, 3.8) is 0 Å². The maximum absolute atomic E-state index is 15.5. The van der Waals surface area contributed by atoms with Crippen molar-refractivity contribution < 1.29 is 54.0 Å². The monoisotopic (exact) mass is 1270 g/mol. The zero-order chi connectivity index (χ0) is 61.3. The molecule has 86 heavy (non-hydrogen) atoms. The number of rotatable bonds is 28. The van der Waals surface area contributed by atoms with Crippen molar-refractivity contribution >= 4 is 125 Å². The first-order valence-corrected chi connectivity index (χ1v) is 34.2. The number of unbranched alkanes of at least 4 members (excludes halogenated alkanes) is 4. The number of amides is 3. The topological polar surface area (TPSA) is 271 Å². The lowest BCUT2D eigenvalue weighted by atomic mass is 9.96. The molecule has 3 amide bonds. The minimum atomic E-state index is -4.39. The molecule has 9 rings (SSSR count). The molecule has 0 unspecified atom stereocenters. The van der Waals surface area contributed by atoms with Gasteiger partial charge in [-0.15, -0.1) is 11.3 Å². The highest BCUT2D eigenvalue weighted by Crippen LogP contribution is 2.40. The average Bonchev–Trinajstić information content (AvgIpc) is 1.59. The first-order chi connectivity index (χ1) is 41.2. The van der Waals surface area contributed by atoms with Crippen LogP contribution in [0.25, 0.3) is 31.9 Å². The van der Waals surface area contributed by atoms with Gasteiger partial charge in [-0.2, -0.15) is 0 Å². The van der Waals surface area contributed by atoms with Gasteiger partial charge in [0.25, 0.3) is 36.0 Å². The van der Waals surface area contributed by atoms with Gasteiger partial charge >= 0.3 is 0 Å². The SMILES string of the molecule is CCOc1ccc(S(=O)(=O)Nc2cc3c(C(=O)NO)c(C)n(S(=O)(=O)c4ccc(NCCCCCCCC(=O)NCCN5CCC(C(=O)Nc6nc7c(F)cc(N(CCN(C)C)S(=O)(=O)c8cccs8)cc7s6)CC5)cc4)c3c3ccccc23)cc1. The third kappa shape index (κ3) is 14.4. The molecule has 4 heterocycles. The zero-order valence-corrected chi connectivity index (χ0v) is 52.1. The van der Waals surface area contributed by atoms with Gasteiger partial charge < -0.3 is 30.5 Å². The molecule has 1 aliphatic rings. The normalized spacial score (nSPS) is 13.6. The van der Waals surface area contributed by atoms with Gasteiger partial charge in [0.2, 0.25) is 11.8 Å². The fourth-order valence-corrected chi connectivity index (χ4v) is 16.6. The number of thiophene rings is 1. The van der Waals surface area contributed by atoms with Gasteiger partial charge in [0.05, 0.1) is 43.6 Å². The van der Waals surface area contributed by atoms with Gasteiger partial charge in [0, 0.05) is 78.7 Å². The van der Waals surface area contributed by atoms with Gasteiger partial charge in [-0.1, -0.05) is 60.9 Å². The molecule has 5 aromatic carbocycles. The molecule has 1 aliphatic heterocycles. The number of piperidine rings is 1. The highest BCUT2D eigenvalue weighted by molar-refractivity contribution is 7.94. The molecule has 458 valence electrons. The lowest BCUT2D eigenvalue weighted by molar-refractivity contribution is -0.121. The number of likely N-dealkylation sites (tertiary alicyclic amines) is 1. The lowest BCUT2D eigenvalue weighted by Crippen LogP contribution is -2.41. The third-order valence-electron chi connectivity index (χ3n) is 14.9. The molecule has 0 saturated carbocycles. The van der Waals surface area contributed by atoms with Gasteiger partial charge in [-0.3, -0.25) is 28.6 Å². The maximum atomic E-state index is 15.5. The summed E-state index contributed by atoms with van der Waals surface area (Å²) in [6.07, 6.45) is 5.92. The Hall–Kier alpha value is -7.24. The van der Waals surface area contributed by atoms with Crippen molar-refractivity contribution in [3.8, 4) is 5.75 Å². The number of carbonyl (C=O) groups excluding carboxylic acids is 3. The number of carbonyl (C=O) groups is 3. The summed E-state index contributed by atoms with van der Waals surface area (Å²) >= 11 is 2.18. The predicted molar refractivity (Wildman–Crippen MR) is 335 cm³/mol. The van der Waals surface area contributed by atoms with Crippen molar-refractivity contribution in [1.29, 1.82) is 0 Å². The van der Waals surface area contributed by atoms with E-state index in [1.54, 1.807) is 59.4 Å². The van der Waals surface area contributed by atoms with Crippen LogP contribution in [-0.2, 0) is 39.7 Å². The Labute approximate surface area is 507 Å². The van der Waals surface area contributed by atoms with E-state index < -0.39 is 41.8 Å². The van der Waals surface area contributed by atoms with Crippen LogP contribution in [-0.4, -0.2) is 133 Å². The summed E-state index contributed by atoms with van der Waals surface area (Å²) < 4.78 is 110. The second-order valence-electron chi connectivity index (χ2n) is 21.1. The largest absolute Gasteiger partial charge is 0.494 e. The van der Waals surface area contributed by atoms with E-state index in [4.69, 9.17) is 4.74 Å². The zero-order valence-electron chi connectivity index (χ0n) is 48.0. The molecule has 27 heteroatoms. The number of nitrogens with zero attached hydrogens (tertiary/aromatic N) is 5. The number of hydrogen-bond donors (Lipinski definition) is 6. The second-order valence-corrected chi connectivity index (χ2v) is 28.6.